The van der Waals surface area contributed by atoms with Crippen LogP contribution in [0.2, 0.25) is 0 Å². The Morgan fingerprint density at radius 3 is 2.00 bits per heavy atom. The molecule has 3 aliphatic rings. The molecule has 3 fully saturated rings. The predicted octanol–water partition coefficient (Wildman–Crippen LogP) is -7.75. The zero-order chi connectivity index (χ0) is 28.3. The number of amides is 1. The summed E-state index contributed by atoms with van der Waals surface area (Å²) < 4.78 is 22.5. The Morgan fingerprint density at radius 2 is 1.42 bits per heavy atom. The third kappa shape index (κ3) is 6.60. The summed E-state index contributed by atoms with van der Waals surface area (Å²) in [7, 11) is 0. The van der Waals surface area contributed by atoms with Gasteiger partial charge in [-0.05, 0) is 19.4 Å². The van der Waals surface area contributed by atoms with E-state index in [0.717, 1.165) is 0 Å². The fraction of sp³-hybridized carbons (Fsp3) is 0.952. The maximum absolute atomic E-state index is 12.4. The molecule has 15 N–H and O–H groups in total. The average molecular weight is 557 g/mol. The van der Waals surface area contributed by atoms with Gasteiger partial charge in [-0.2, -0.15) is 0 Å². The maximum Gasteiger partial charge on any atom is 0.249 e. The molecule has 1 unspecified atom stereocenters. The molecular formula is C21H40N4O13. The zero-order valence-corrected chi connectivity index (χ0v) is 20.5. The molecule has 2 saturated heterocycles. The Kier molecular flexibility index (Phi) is 11.1. The van der Waals surface area contributed by atoms with E-state index >= 15 is 0 Å². The minimum atomic E-state index is -1.64. The van der Waals surface area contributed by atoms with Gasteiger partial charge in [-0.15, -0.1) is 0 Å². The van der Waals surface area contributed by atoms with Gasteiger partial charge in [0.1, 0.15) is 61.0 Å². The minimum Gasteiger partial charge on any atom is -0.394 e. The molecule has 15 atom stereocenters. The number of rotatable bonds is 10. The van der Waals surface area contributed by atoms with Gasteiger partial charge in [0.2, 0.25) is 5.91 Å². The van der Waals surface area contributed by atoms with Gasteiger partial charge in [-0.25, -0.2) is 0 Å². The van der Waals surface area contributed by atoms with Crippen molar-refractivity contribution in [1.29, 1.82) is 0 Å². The first-order chi connectivity index (χ1) is 17.9. The number of hydrogen-bond donors (Lipinski definition) is 12. The molecule has 0 radical (unpaired) electrons. The number of hydrogen-bond acceptors (Lipinski definition) is 16. The Bertz CT molecular complexity index is 769. The van der Waals surface area contributed by atoms with Crippen LogP contribution in [-0.2, 0) is 23.7 Å². The fourth-order valence-corrected chi connectivity index (χ4v) is 4.80. The van der Waals surface area contributed by atoms with Crippen LogP contribution in [0.25, 0.3) is 0 Å². The predicted molar refractivity (Wildman–Crippen MR) is 123 cm³/mol. The molecule has 0 aromatic heterocycles. The average Bonchev–Trinajstić information content (AvgIpc) is 3.16. The summed E-state index contributed by atoms with van der Waals surface area (Å²) in [6.45, 7) is -1.28. The molecule has 0 aromatic carbocycles. The molecule has 0 bridgehead atoms. The van der Waals surface area contributed by atoms with E-state index < -0.39 is 111 Å². The number of nitrogens with two attached hydrogens (primary N) is 3. The third-order valence-electron chi connectivity index (χ3n) is 7.10. The largest absolute Gasteiger partial charge is 0.394 e. The van der Waals surface area contributed by atoms with E-state index in [9.17, 15) is 45.6 Å². The van der Waals surface area contributed by atoms with Crippen LogP contribution in [-0.4, -0.2) is 158 Å². The summed E-state index contributed by atoms with van der Waals surface area (Å²) in [5.41, 5.74) is 17.6. The molecule has 1 saturated carbocycles. The van der Waals surface area contributed by atoms with Crippen LogP contribution in [0.5, 0.6) is 0 Å². The van der Waals surface area contributed by atoms with Crippen molar-refractivity contribution >= 4 is 5.91 Å². The molecule has 2 aliphatic heterocycles. The molecular weight excluding hydrogens is 516 g/mol. The van der Waals surface area contributed by atoms with Crippen LogP contribution in [0.1, 0.15) is 12.8 Å². The molecule has 2 heterocycles. The highest BCUT2D eigenvalue weighted by molar-refractivity contribution is 5.80. The Balaban J connectivity index is 1.84. The van der Waals surface area contributed by atoms with Crippen LogP contribution in [0.3, 0.4) is 0 Å². The molecule has 0 spiro atoms. The molecule has 38 heavy (non-hydrogen) atoms. The third-order valence-corrected chi connectivity index (χ3v) is 7.10. The lowest BCUT2D eigenvalue weighted by Gasteiger charge is -2.47. The van der Waals surface area contributed by atoms with Crippen LogP contribution in [0.4, 0.5) is 0 Å². The number of ether oxygens (including phenoxy) is 4. The second-order valence-corrected chi connectivity index (χ2v) is 9.79. The highest BCUT2D eigenvalue weighted by Gasteiger charge is 2.53. The van der Waals surface area contributed by atoms with Gasteiger partial charge in [0.05, 0.1) is 25.3 Å². The van der Waals surface area contributed by atoms with Crippen LogP contribution in [0, 0.1) is 0 Å². The van der Waals surface area contributed by atoms with E-state index in [0.29, 0.717) is 0 Å². The quantitative estimate of drug-likeness (QED) is 0.119. The lowest BCUT2D eigenvalue weighted by molar-refractivity contribution is -0.311. The van der Waals surface area contributed by atoms with Gasteiger partial charge < -0.3 is 82.3 Å². The highest BCUT2D eigenvalue weighted by Crippen LogP contribution is 2.32. The summed E-state index contributed by atoms with van der Waals surface area (Å²) >= 11 is 0. The van der Waals surface area contributed by atoms with Gasteiger partial charge in [0, 0.05) is 6.04 Å². The fourth-order valence-electron chi connectivity index (χ4n) is 4.80. The van der Waals surface area contributed by atoms with E-state index in [1.54, 1.807) is 0 Å². The monoisotopic (exact) mass is 556 g/mol. The van der Waals surface area contributed by atoms with E-state index in [1.165, 1.54) is 0 Å². The Morgan fingerprint density at radius 1 is 0.868 bits per heavy atom. The second-order valence-electron chi connectivity index (χ2n) is 9.79. The van der Waals surface area contributed by atoms with Crippen molar-refractivity contribution in [2.45, 2.75) is 105 Å². The Labute approximate surface area is 218 Å². The van der Waals surface area contributed by atoms with Crippen LogP contribution in [0.15, 0.2) is 0 Å². The number of nitrogens with one attached hydrogen (secondary N) is 1. The van der Waals surface area contributed by atoms with Gasteiger partial charge in [0.15, 0.2) is 12.6 Å². The second kappa shape index (κ2) is 13.5. The molecule has 3 rings (SSSR count). The first kappa shape index (κ1) is 31.4. The summed E-state index contributed by atoms with van der Waals surface area (Å²) in [5.74, 6) is -0.821. The maximum atomic E-state index is 12.4. The van der Waals surface area contributed by atoms with Gasteiger partial charge in [-0.3, -0.25) is 4.79 Å². The van der Waals surface area contributed by atoms with E-state index in [2.05, 4.69) is 5.32 Å². The van der Waals surface area contributed by atoms with E-state index in [4.69, 9.17) is 36.1 Å². The number of aliphatic hydroxyl groups excluding tert-OH is 8. The van der Waals surface area contributed by atoms with Crippen molar-refractivity contribution in [3.05, 3.63) is 0 Å². The zero-order valence-electron chi connectivity index (χ0n) is 20.5. The lowest BCUT2D eigenvalue weighted by Crippen LogP contribution is -2.69. The van der Waals surface area contributed by atoms with Crippen molar-refractivity contribution in [1.82, 2.24) is 5.32 Å². The van der Waals surface area contributed by atoms with Crippen molar-refractivity contribution in [3.63, 3.8) is 0 Å². The van der Waals surface area contributed by atoms with Crippen molar-refractivity contribution in [2.75, 3.05) is 19.8 Å². The minimum absolute atomic E-state index is 0.0330. The lowest BCUT2D eigenvalue weighted by atomic mass is 9.83. The topological polar surface area (TPSA) is 306 Å². The van der Waals surface area contributed by atoms with Gasteiger partial charge in [-0.1, -0.05) is 0 Å². The normalized spacial score (nSPS) is 46.6. The molecule has 0 aromatic rings. The van der Waals surface area contributed by atoms with Crippen molar-refractivity contribution in [2.24, 2.45) is 17.2 Å². The first-order valence-corrected chi connectivity index (χ1v) is 12.4. The highest BCUT2D eigenvalue weighted by atomic mass is 16.7. The molecule has 17 nitrogen and oxygen atoms in total. The SMILES string of the molecule is NCCC(O)C(=O)N[C@@H]1C[C@H](N)[C@@H](O[C@H]2O[C@H](CO)[C@@H](O)[C@H](O)[C@H]2N)[C@H](O[C@@H]2O[C@H](CO)[C@H](O)[C@H]2O)[C@H]1O. The number of carbonyl (C=O) groups is 1. The van der Waals surface area contributed by atoms with Crippen LogP contribution < -0.4 is 22.5 Å². The standard InChI is InChI=1S/C21H40N4O13/c22-2-1-8(28)19(34)25-7-3-6(23)17(37-20-11(24)15(32)13(30)9(4-26)35-20)18(12(7)29)38-21-16(33)14(31)10(5-27)36-21/h6-18,20-21,26-33H,1-5,22-24H2,(H,25,34)/t6-,7+,8?,9+,10+,11+,12-,13+,14-,15+,16+,17+,18+,20+,21-/m0/s1. The first-order valence-electron chi connectivity index (χ1n) is 12.4. The number of aliphatic hydroxyl groups is 8. The van der Waals surface area contributed by atoms with Crippen molar-refractivity contribution < 1.29 is 64.6 Å². The summed E-state index contributed by atoms with van der Waals surface area (Å²) in [6, 6.07) is -3.40. The molecule has 1 amide bonds. The van der Waals surface area contributed by atoms with Crippen molar-refractivity contribution in [3.8, 4) is 0 Å². The summed E-state index contributed by atoms with van der Waals surface area (Å²) in [5, 5.41) is 83.2. The van der Waals surface area contributed by atoms with Gasteiger partial charge >= 0.3 is 0 Å². The van der Waals surface area contributed by atoms with Crippen LogP contribution >= 0.6 is 0 Å². The molecule has 222 valence electrons. The Hall–Kier alpha value is -1.13. The molecule has 17 heteroatoms. The smallest absolute Gasteiger partial charge is 0.249 e. The van der Waals surface area contributed by atoms with E-state index in [-0.39, 0.29) is 19.4 Å². The number of carbonyl (C=O) groups excluding carboxylic acids is 1. The molecule has 1 aliphatic carbocycles. The van der Waals surface area contributed by atoms with E-state index in [1.807, 2.05) is 0 Å². The summed E-state index contributed by atoms with van der Waals surface area (Å²) in [6.07, 6.45) is -17.6. The van der Waals surface area contributed by atoms with Gasteiger partial charge in [0.25, 0.3) is 0 Å². The summed E-state index contributed by atoms with van der Waals surface area (Å²) in [4.78, 5) is 12.4.